The van der Waals surface area contributed by atoms with Crippen LogP contribution < -0.4 is 0 Å². The molecule has 0 fully saturated rings. The van der Waals surface area contributed by atoms with Crippen molar-refractivity contribution in [3.8, 4) is 12.3 Å². The van der Waals surface area contributed by atoms with E-state index in [-0.39, 0.29) is 18.0 Å². The highest BCUT2D eigenvalue weighted by Crippen LogP contribution is 2.41. The van der Waals surface area contributed by atoms with Gasteiger partial charge in [0.05, 0.1) is 6.04 Å². The first-order valence-electron chi connectivity index (χ1n) is 11.7. The molecule has 1 N–H and O–H groups in total. The third-order valence-electron chi connectivity index (χ3n) is 5.60. The van der Waals surface area contributed by atoms with Crippen molar-refractivity contribution < 1.29 is 4.79 Å². The second kappa shape index (κ2) is 12.0. The normalized spacial score (nSPS) is 16.8. The summed E-state index contributed by atoms with van der Waals surface area (Å²) < 4.78 is 0. The second-order valence-electron chi connectivity index (χ2n) is 7.23. The van der Waals surface area contributed by atoms with Gasteiger partial charge in [-0.2, -0.15) is 0 Å². The van der Waals surface area contributed by atoms with Crippen LogP contribution in [0.25, 0.3) is 10.9 Å². The fourth-order valence-corrected chi connectivity index (χ4v) is 4.36. The number of aromatic amines is 1. The van der Waals surface area contributed by atoms with E-state index in [1.807, 2.05) is 56.9 Å². The smallest absolute Gasteiger partial charge is 0.299 e. The fourth-order valence-electron chi connectivity index (χ4n) is 4.36. The van der Waals surface area contributed by atoms with E-state index in [0.717, 1.165) is 42.5 Å². The third kappa shape index (κ3) is 5.02. The molecular weight excluding hydrogens is 380 g/mol. The standard InChI is InChI=1S/C24H24N2O.2C2H6/c1-3-5-13-18-16-20-19-14-9-10-15-21(19)25-23(20)24(26(18)22(27)4-2)17-11-7-6-8-12-17;2*1-2/h2,6-12,14-15,18,24-25H,3,5,13,16H2,1H3;2*1-2H3. The van der Waals surface area contributed by atoms with Gasteiger partial charge in [0.2, 0.25) is 0 Å². The Bertz CT molecular complexity index is 997. The van der Waals surface area contributed by atoms with E-state index in [1.165, 1.54) is 10.9 Å². The number of rotatable bonds is 4. The van der Waals surface area contributed by atoms with E-state index in [4.69, 9.17) is 6.42 Å². The summed E-state index contributed by atoms with van der Waals surface area (Å²) in [6.45, 7) is 10.2. The first-order valence-corrected chi connectivity index (χ1v) is 11.7. The van der Waals surface area contributed by atoms with Crippen molar-refractivity contribution in [1.82, 2.24) is 9.88 Å². The maximum atomic E-state index is 12.8. The predicted octanol–water partition coefficient (Wildman–Crippen LogP) is 6.89. The zero-order valence-corrected chi connectivity index (χ0v) is 19.6. The Kier molecular flexibility index (Phi) is 9.40. The number of nitrogens with one attached hydrogen (secondary N) is 1. The molecule has 2 unspecified atom stereocenters. The minimum atomic E-state index is -0.228. The van der Waals surface area contributed by atoms with Crippen molar-refractivity contribution in [2.24, 2.45) is 0 Å². The first-order chi connectivity index (χ1) is 15.2. The number of nitrogens with zero attached hydrogens (tertiary/aromatic N) is 1. The van der Waals surface area contributed by atoms with Crippen LogP contribution in [0.2, 0.25) is 0 Å². The lowest BCUT2D eigenvalue weighted by molar-refractivity contribution is -0.130. The summed E-state index contributed by atoms with van der Waals surface area (Å²) in [5.41, 5.74) is 4.63. The summed E-state index contributed by atoms with van der Waals surface area (Å²) in [5, 5.41) is 1.25. The summed E-state index contributed by atoms with van der Waals surface area (Å²) in [6, 6.07) is 18.5. The lowest BCUT2D eigenvalue weighted by Crippen LogP contribution is -2.47. The van der Waals surface area contributed by atoms with Crippen molar-refractivity contribution in [3.05, 3.63) is 71.4 Å². The Labute approximate surface area is 187 Å². The molecule has 3 heteroatoms. The van der Waals surface area contributed by atoms with Crippen LogP contribution in [0, 0.1) is 12.3 Å². The Hall–Kier alpha value is -2.99. The summed E-state index contributed by atoms with van der Waals surface area (Å²) in [5.74, 6) is 2.15. The number of carbonyl (C=O) groups is 1. The van der Waals surface area contributed by atoms with Gasteiger partial charge in [-0.3, -0.25) is 4.79 Å². The van der Waals surface area contributed by atoms with Crippen molar-refractivity contribution >= 4 is 16.8 Å². The molecule has 2 aromatic carbocycles. The number of carbonyl (C=O) groups excluding carboxylic acids is 1. The van der Waals surface area contributed by atoms with Crippen LogP contribution in [0.3, 0.4) is 0 Å². The van der Waals surface area contributed by atoms with E-state index in [2.05, 4.69) is 48.2 Å². The van der Waals surface area contributed by atoms with Crippen LogP contribution in [0.5, 0.6) is 0 Å². The molecule has 0 radical (unpaired) electrons. The fraction of sp³-hybridized carbons (Fsp3) is 0.393. The molecular formula is C28H36N2O. The van der Waals surface area contributed by atoms with Crippen molar-refractivity contribution in [2.75, 3.05) is 0 Å². The molecule has 0 bridgehead atoms. The molecule has 4 rings (SSSR count). The molecule has 164 valence electrons. The molecule has 1 aliphatic rings. The van der Waals surface area contributed by atoms with Gasteiger partial charge in [0.1, 0.15) is 0 Å². The average Bonchev–Trinajstić information content (AvgIpc) is 3.22. The number of benzene rings is 2. The Balaban J connectivity index is 0.000000807. The van der Waals surface area contributed by atoms with Crippen molar-refractivity contribution in [1.29, 1.82) is 0 Å². The van der Waals surface area contributed by atoms with Gasteiger partial charge in [-0.25, -0.2) is 0 Å². The SMILES string of the molecule is C#CC(=O)N1C(CCCC)Cc2c([nH]c3ccccc23)C1c1ccccc1.CC.CC. The zero-order valence-electron chi connectivity index (χ0n) is 19.6. The number of hydrogen-bond acceptors (Lipinski definition) is 1. The van der Waals surface area contributed by atoms with Crippen molar-refractivity contribution in [2.45, 2.75) is 72.4 Å². The number of unbranched alkanes of at least 4 members (excludes halogenated alkanes) is 1. The number of fused-ring (bicyclic) bond motifs is 3. The van der Waals surface area contributed by atoms with Gasteiger partial charge >= 0.3 is 0 Å². The lowest BCUT2D eigenvalue weighted by atomic mass is 9.86. The van der Waals surface area contributed by atoms with Crippen LogP contribution in [0.1, 0.15) is 76.7 Å². The molecule has 0 saturated heterocycles. The van der Waals surface area contributed by atoms with Gasteiger partial charge in [0.25, 0.3) is 5.91 Å². The van der Waals surface area contributed by atoms with Gasteiger partial charge in [-0.15, -0.1) is 6.42 Å². The molecule has 3 aromatic rings. The molecule has 0 spiro atoms. The largest absolute Gasteiger partial charge is 0.356 e. The minimum Gasteiger partial charge on any atom is -0.356 e. The molecule has 2 heterocycles. The van der Waals surface area contributed by atoms with Crippen LogP contribution >= 0.6 is 0 Å². The monoisotopic (exact) mass is 416 g/mol. The van der Waals surface area contributed by atoms with Crippen LogP contribution in [0.15, 0.2) is 54.6 Å². The number of H-pyrrole nitrogens is 1. The van der Waals surface area contributed by atoms with Gasteiger partial charge < -0.3 is 9.88 Å². The maximum absolute atomic E-state index is 12.8. The van der Waals surface area contributed by atoms with E-state index in [9.17, 15) is 4.79 Å². The zero-order chi connectivity index (χ0) is 22.8. The highest BCUT2D eigenvalue weighted by atomic mass is 16.2. The Morgan fingerprint density at radius 3 is 2.35 bits per heavy atom. The Morgan fingerprint density at radius 1 is 1.06 bits per heavy atom. The number of para-hydroxylation sites is 1. The number of hydrogen-bond donors (Lipinski definition) is 1. The van der Waals surface area contributed by atoms with E-state index < -0.39 is 0 Å². The minimum absolute atomic E-state index is 0.116. The summed E-state index contributed by atoms with van der Waals surface area (Å²) in [7, 11) is 0. The Morgan fingerprint density at radius 2 is 1.71 bits per heavy atom. The van der Waals surface area contributed by atoms with Crippen LogP contribution in [0.4, 0.5) is 0 Å². The molecule has 1 aliphatic heterocycles. The second-order valence-corrected chi connectivity index (χ2v) is 7.23. The van der Waals surface area contributed by atoms with Crippen LogP contribution in [-0.4, -0.2) is 21.8 Å². The number of terminal acetylenes is 1. The van der Waals surface area contributed by atoms with Gasteiger partial charge in [0.15, 0.2) is 0 Å². The van der Waals surface area contributed by atoms with E-state index in [0.29, 0.717) is 0 Å². The average molecular weight is 417 g/mol. The van der Waals surface area contributed by atoms with Gasteiger partial charge in [-0.05, 0) is 36.0 Å². The van der Waals surface area contributed by atoms with Crippen molar-refractivity contribution in [3.63, 3.8) is 0 Å². The summed E-state index contributed by atoms with van der Waals surface area (Å²) >= 11 is 0. The van der Waals surface area contributed by atoms with Gasteiger partial charge in [-0.1, -0.05) is 96.0 Å². The summed E-state index contributed by atoms with van der Waals surface area (Å²) in [4.78, 5) is 18.3. The first kappa shape index (κ1) is 24.3. The predicted molar refractivity (Wildman–Crippen MR) is 132 cm³/mol. The lowest BCUT2D eigenvalue weighted by Gasteiger charge is -2.41. The van der Waals surface area contributed by atoms with Gasteiger partial charge in [0, 0.05) is 22.6 Å². The van der Waals surface area contributed by atoms with E-state index >= 15 is 0 Å². The molecule has 0 aliphatic carbocycles. The molecule has 0 saturated carbocycles. The number of aromatic nitrogens is 1. The number of amides is 1. The van der Waals surface area contributed by atoms with E-state index in [1.54, 1.807) is 0 Å². The summed E-state index contributed by atoms with van der Waals surface area (Å²) in [6.07, 6.45) is 9.57. The molecule has 3 nitrogen and oxygen atoms in total. The topological polar surface area (TPSA) is 36.1 Å². The quantitative estimate of drug-likeness (QED) is 0.462. The maximum Gasteiger partial charge on any atom is 0.299 e. The molecule has 31 heavy (non-hydrogen) atoms. The third-order valence-corrected chi connectivity index (χ3v) is 5.60. The highest BCUT2D eigenvalue weighted by molar-refractivity contribution is 5.94. The molecule has 1 aromatic heterocycles. The van der Waals surface area contributed by atoms with Crippen LogP contribution in [-0.2, 0) is 11.2 Å². The highest BCUT2D eigenvalue weighted by Gasteiger charge is 2.39. The molecule has 1 amide bonds. The molecule has 2 atom stereocenters.